The van der Waals surface area contributed by atoms with Crippen LogP contribution in [0, 0.1) is 27.9 Å². The quantitative estimate of drug-likeness (QED) is 0.401. The number of nitrogens with one attached hydrogen (secondary N) is 1. The van der Waals surface area contributed by atoms with E-state index in [1.54, 1.807) is 18.2 Å². The van der Waals surface area contributed by atoms with Crippen LogP contribution < -0.4 is 5.43 Å². The Morgan fingerprint density at radius 2 is 1.87 bits per heavy atom. The molecule has 0 unspecified atom stereocenters. The molecule has 0 bridgehead atoms. The highest BCUT2D eigenvalue weighted by molar-refractivity contribution is 5.87. The Labute approximate surface area is 134 Å². The number of fused-ring (bicyclic) bond motifs is 1. The number of allylic oxidation sites excluding steroid dienone is 2. The fraction of sp³-hybridized carbons (Fsp3) is 0.412. The Balaban J connectivity index is 1.59. The summed E-state index contributed by atoms with van der Waals surface area (Å²) in [5, 5.41) is 14.8. The molecule has 0 aromatic heterocycles. The third-order valence-corrected chi connectivity index (χ3v) is 4.65. The molecule has 0 saturated heterocycles. The Morgan fingerprint density at radius 3 is 2.52 bits per heavy atom. The molecular weight excluding hydrogens is 294 g/mol. The first-order valence-corrected chi connectivity index (χ1v) is 7.90. The number of hydrogen-bond donors (Lipinski definition) is 1. The maximum atomic E-state index is 12.2. The second-order valence-electron chi connectivity index (χ2n) is 6.03. The van der Waals surface area contributed by atoms with Crippen LogP contribution in [0.4, 0.5) is 5.69 Å². The minimum atomic E-state index is -0.460. The van der Waals surface area contributed by atoms with Gasteiger partial charge >= 0.3 is 0 Å². The van der Waals surface area contributed by atoms with E-state index in [0.717, 1.165) is 25.7 Å². The monoisotopic (exact) mass is 313 g/mol. The number of amides is 1. The van der Waals surface area contributed by atoms with Crippen LogP contribution in [-0.4, -0.2) is 17.0 Å². The highest BCUT2D eigenvalue weighted by Gasteiger charge is 2.53. The van der Waals surface area contributed by atoms with Crippen molar-refractivity contribution in [2.45, 2.75) is 25.7 Å². The number of nitro benzene ring substituents is 1. The van der Waals surface area contributed by atoms with E-state index in [9.17, 15) is 14.9 Å². The Hall–Kier alpha value is -2.50. The molecule has 3 rings (SSSR count). The van der Waals surface area contributed by atoms with E-state index < -0.39 is 4.92 Å². The van der Waals surface area contributed by atoms with Crippen LogP contribution >= 0.6 is 0 Å². The molecule has 0 radical (unpaired) electrons. The number of para-hydroxylation sites is 1. The standard InChI is InChI=1S/C17H19N3O3/c21-17(16-13-8-3-1-2-4-9-14(13)16)19-18-11-12-7-5-6-10-15(12)20(22)23/h1-2,5-7,10-11,13-14,16H,3-4,8-9H2,(H,19,21)/b2-1?,18-11-/t13-,14-/m1/s1. The summed E-state index contributed by atoms with van der Waals surface area (Å²) < 4.78 is 0. The van der Waals surface area contributed by atoms with E-state index in [0.29, 0.717) is 17.4 Å². The van der Waals surface area contributed by atoms with Gasteiger partial charge in [0.25, 0.3) is 5.69 Å². The molecule has 2 aliphatic carbocycles. The molecule has 6 nitrogen and oxygen atoms in total. The maximum absolute atomic E-state index is 12.2. The molecule has 1 N–H and O–H groups in total. The zero-order valence-corrected chi connectivity index (χ0v) is 12.7. The van der Waals surface area contributed by atoms with E-state index in [1.165, 1.54) is 12.3 Å². The van der Waals surface area contributed by atoms with E-state index in [-0.39, 0.29) is 17.5 Å². The first kappa shape index (κ1) is 15.4. The zero-order chi connectivity index (χ0) is 16.2. The molecular formula is C17H19N3O3. The van der Waals surface area contributed by atoms with Gasteiger partial charge in [-0.15, -0.1) is 0 Å². The highest BCUT2D eigenvalue weighted by Crippen LogP contribution is 2.52. The van der Waals surface area contributed by atoms with Crippen molar-refractivity contribution in [2.24, 2.45) is 22.9 Å². The number of carbonyl (C=O) groups is 1. The minimum absolute atomic E-state index is 0.0235. The van der Waals surface area contributed by atoms with Gasteiger partial charge in [-0.3, -0.25) is 14.9 Å². The molecule has 1 fully saturated rings. The van der Waals surface area contributed by atoms with Crippen molar-refractivity contribution in [1.29, 1.82) is 0 Å². The van der Waals surface area contributed by atoms with Crippen molar-refractivity contribution >= 4 is 17.8 Å². The highest BCUT2D eigenvalue weighted by atomic mass is 16.6. The first-order chi connectivity index (χ1) is 11.2. The van der Waals surface area contributed by atoms with Crippen molar-refractivity contribution in [3.63, 3.8) is 0 Å². The Bertz CT molecular complexity index is 653. The van der Waals surface area contributed by atoms with Gasteiger partial charge in [0.2, 0.25) is 5.91 Å². The molecule has 6 heteroatoms. The number of hydrogen-bond acceptors (Lipinski definition) is 4. The molecule has 1 saturated carbocycles. The molecule has 120 valence electrons. The van der Waals surface area contributed by atoms with Crippen LogP contribution in [-0.2, 0) is 4.79 Å². The number of hydrazone groups is 1. The van der Waals surface area contributed by atoms with Gasteiger partial charge in [0.15, 0.2) is 0 Å². The SMILES string of the molecule is O=C(N/N=C\c1ccccc1[N+](=O)[O-])C1[C@@H]2CCC=CCC[C@@H]12. The van der Waals surface area contributed by atoms with Gasteiger partial charge in [0.1, 0.15) is 0 Å². The summed E-state index contributed by atoms with van der Waals surface area (Å²) in [5.74, 6) is 0.886. The normalized spacial score (nSPS) is 26.2. The predicted molar refractivity (Wildman–Crippen MR) is 86.9 cm³/mol. The van der Waals surface area contributed by atoms with E-state index in [1.807, 2.05) is 0 Å². The fourth-order valence-electron chi connectivity index (χ4n) is 3.44. The average molecular weight is 313 g/mol. The van der Waals surface area contributed by atoms with Crippen molar-refractivity contribution in [1.82, 2.24) is 5.43 Å². The number of rotatable bonds is 4. The Kier molecular flexibility index (Phi) is 4.50. The van der Waals surface area contributed by atoms with Gasteiger partial charge in [0, 0.05) is 12.0 Å². The number of nitrogens with zero attached hydrogens (tertiary/aromatic N) is 2. The van der Waals surface area contributed by atoms with Gasteiger partial charge in [-0.05, 0) is 43.6 Å². The molecule has 23 heavy (non-hydrogen) atoms. The summed E-state index contributed by atoms with van der Waals surface area (Å²) >= 11 is 0. The lowest BCUT2D eigenvalue weighted by molar-refractivity contribution is -0.385. The molecule has 1 aromatic carbocycles. The molecule has 2 aliphatic rings. The van der Waals surface area contributed by atoms with Gasteiger partial charge in [-0.2, -0.15) is 5.10 Å². The molecule has 0 heterocycles. The number of benzene rings is 1. The molecule has 1 amide bonds. The van der Waals surface area contributed by atoms with E-state index in [2.05, 4.69) is 22.7 Å². The topological polar surface area (TPSA) is 84.6 Å². The van der Waals surface area contributed by atoms with Gasteiger partial charge in [-0.1, -0.05) is 24.3 Å². The van der Waals surface area contributed by atoms with E-state index in [4.69, 9.17) is 0 Å². The summed E-state index contributed by atoms with van der Waals surface area (Å²) in [5.41, 5.74) is 2.90. The largest absolute Gasteiger partial charge is 0.278 e. The fourth-order valence-corrected chi connectivity index (χ4v) is 3.44. The number of nitro groups is 1. The van der Waals surface area contributed by atoms with E-state index >= 15 is 0 Å². The maximum Gasteiger partial charge on any atom is 0.278 e. The van der Waals surface area contributed by atoms with Crippen molar-refractivity contribution in [3.05, 3.63) is 52.1 Å². The zero-order valence-electron chi connectivity index (χ0n) is 12.7. The Morgan fingerprint density at radius 1 is 1.22 bits per heavy atom. The summed E-state index contributed by atoms with van der Waals surface area (Å²) in [6, 6.07) is 6.32. The van der Waals surface area contributed by atoms with Crippen LogP contribution in [0.5, 0.6) is 0 Å². The lowest BCUT2D eigenvalue weighted by Gasteiger charge is -1.99. The molecule has 0 aliphatic heterocycles. The third kappa shape index (κ3) is 3.47. The summed E-state index contributed by atoms with van der Waals surface area (Å²) in [7, 11) is 0. The van der Waals surface area contributed by atoms with Gasteiger partial charge in [0.05, 0.1) is 16.7 Å². The third-order valence-electron chi connectivity index (χ3n) is 4.65. The summed E-state index contributed by atoms with van der Waals surface area (Å²) in [6.07, 6.45) is 9.88. The van der Waals surface area contributed by atoms with Gasteiger partial charge in [-0.25, -0.2) is 5.43 Å². The number of carbonyl (C=O) groups excluding carboxylic acids is 1. The summed E-state index contributed by atoms with van der Waals surface area (Å²) in [6.45, 7) is 0. The van der Waals surface area contributed by atoms with Crippen molar-refractivity contribution in [2.75, 3.05) is 0 Å². The second kappa shape index (κ2) is 6.73. The molecule has 2 atom stereocenters. The molecule has 0 spiro atoms. The predicted octanol–water partition coefficient (Wildman–Crippen LogP) is 3.04. The van der Waals surface area contributed by atoms with Crippen LogP contribution in [0.1, 0.15) is 31.2 Å². The summed E-state index contributed by atoms with van der Waals surface area (Å²) in [4.78, 5) is 22.7. The van der Waals surface area contributed by atoms with Crippen LogP contribution in [0.15, 0.2) is 41.5 Å². The lowest BCUT2D eigenvalue weighted by atomic mass is 10.1. The minimum Gasteiger partial charge on any atom is -0.273 e. The second-order valence-corrected chi connectivity index (χ2v) is 6.03. The van der Waals surface area contributed by atoms with Crippen LogP contribution in [0.2, 0.25) is 0 Å². The lowest BCUT2D eigenvalue weighted by Crippen LogP contribution is -2.21. The van der Waals surface area contributed by atoms with Gasteiger partial charge < -0.3 is 0 Å². The first-order valence-electron chi connectivity index (χ1n) is 7.90. The smallest absolute Gasteiger partial charge is 0.273 e. The van der Waals surface area contributed by atoms with Crippen LogP contribution in [0.3, 0.4) is 0 Å². The van der Waals surface area contributed by atoms with Crippen LogP contribution in [0.25, 0.3) is 0 Å². The van der Waals surface area contributed by atoms with Crippen molar-refractivity contribution < 1.29 is 9.72 Å². The van der Waals surface area contributed by atoms with Crippen molar-refractivity contribution in [3.8, 4) is 0 Å². The average Bonchev–Trinajstić information content (AvgIpc) is 3.18. The molecule has 1 aromatic rings.